The molecule has 68 valence electrons. The average molecular weight is 174 g/mol. The summed E-state index contributed by atoms with van der Waals surface area (Å²) in [7, 11) is 0. The van der Waals surface area contributed by atoms with Gasteiger partial charge in [0.2, 0.25) is 0 Å². The highest BCUT2D eigenvalue weighted by Gasteiger charge is 2.23. The zero-order valence-electron chi connectivity index (χ0n) is 7.99. The highest BCUT2D eigenvalue weighted by molar-refractivity contribution is 5.82. The van der Waals surface area contributed by atoms with Gasteiger partial charge in [0.25, 0.3) is 0 Å². The third-order valence-corrected chi connectivity index (χ3v) is 2.38. The first-order valence-corrected chi connectivity index (χ1v) is 4.63. The molecule has 1 N–H and O–H groups in total. The smallest absolute Gasteiger partial charge is 0.0967 e. The topological polar surface area (TPSA) is 24.4 Å². The van der Waals surface area contributed by atoms with Crippen LogP contribution in [0.25, 0.3) is 0 Å². The summed E-state index contributed by atoms with van der Waals surface area (Å²) in [5.41, 5.74) is 1.29. The van der Waals surface area contributed by atoms with Crippen LogP contribution in [-0.4, -0.2) is 11.9 Å². The number of aliphatic imine (C=N–C) groups is 1. The molecule has 1 aromatic rings. The number of nitrogens with one attached hydrogen (secondary N) is 1. The summed E-state index contributed by atoms with van der Waals surface area (Å²) in [6.45, 7) is 4.18. The average Bonchev–Trinajstić information content (AvgIpc) is 2.47. The zero-order valence-corrected chi connectivity index (χ0v) is 7.99. The van der Waals surface area contributed by atoms with Gasteiger partial charge in [-0.1, -0.05) is 30.3 Å². The van der Waals surface area contributed by atoms with Crippen LogP contribution in [0.15, 0.2) is 35.3 Å². The van der Waals surface area contributed by atoms with Crippen LogP contribution >= 0.6 is 0 Å². The maximum atomic E-state index is 4.55. The number of benzene rings is 1. The van der Waals surface area contributed by atoms with Gasteiger partial charge in [-0.3, -0.25) is 4.99 Å². The molecule has 2 atom stereocenters. The van der Waals surface area contributed by atoms with Crippen molar-refractivity contribution in [2.45, 2.75) is 25.9 Å². The Morgan fingerprint density at radius 1 is 1.23 bits per heavy atom. The van der Waals surface area contributed by atoms with E-state index in [1.165, 1.54) is 5.56 Å². The quantitative estimate of drug-likeness (QED) is 0.693. The van der Waals surface area contributed by atoms with E-state index in [2.05, 4.69) is 41.5 Å². The molecule has 1 heterocycles. The number of amidine groups is 1. The van der Waals surface area contributed by atoms with Crippen LogP contribution in [0.5, 0.6) is 0 Å². The summed E-state index contributed by atoms with van der Waals surface area (Å²) >= 11 is 0. The molecule has 2 heteroatoms. The predicted molar refractivity (Wildman–Crippen MR) is 54.9 cm³/mol. The minimum atomic E-state index is 0.293. The molecule has 0 saturated carbocycles. The van der Waals surface area contributed by atoms with Crippen molar-refractivity contribution in [1.82, 2.24) is 5.32 Å². The van der Waals surface area contributed by atoms with Gasteiger partial charge in [-0.15, -0.1) is 0 Å². The fourth-order valence-electron chi connectivity index (χ4n) is 1.78. The third-order valence-electron chi connectivity index (χ3n) is 2.38. The molecule has 0 spiro atoms. The van der Waals surface area contributed by atoms with Gasteiger partial charge in [0.1, 0.15) is 0 Å². The van der Waals surface area contributed by atoms with Crippen LogP contribution in [0.4, 0.5) is 0 Å². The summed E-state index contributed by atoms with van der Waals surface area (Å²) in [6.07, 6.45) is 0. The summed E-state index contributed by atoms with van der Waals surface area (Å²) in [5.74, 6) is 1.04. The summed E-state index contributed by atoms with van der Waals surface area (Å²) < 4.78 is 0. The summed E-state index contributed by atoms with van der Waals surface area (Å²) in [4.78, 5) is 4.55. The number of hydrogen-bond donors (Lipinski definition) is 1. The Morgan fingerprint density at radius 2 is 1.92 bits per heavy atom. The van der Waals surface area contributed by atoms with Crippen LogP contribution in [0.1, 0.15) is 25.5 Å². The first-order chi connectivity index (χ1) is 6.27. The number of nitrogens with zero attached hydrogens (tertiary/aromatic N) is 1. The van der Waals surface area contributed by atoms with Crippen molar-refractivity contribution in [3.05, 3.63) is 35.9 Å². The van der Waals surface area contributed by atoms with Crippen LogP contribution < -0.4 is 5.32 Å². The SMILES string of the molecule is CC1=N[C@@H](c2ccccc2)[C@H](C)N1. The maximum Gasteiger partial charge on any atom is 0.0967 e. The Morgan fingerprint density at radius 3 is 2.46 bits per heavy atom. The van der Waals surface area contributed by atoms with E-state index in [1.807, 2.05) is 13.0 Å². The Kier molecular flexibility index (Phi) is 2.05. The molecule has 0 aromatic heterocycles. The second-order valence-corrected chi connectivity index (χ2v) is 3.50. The molecule has 0 saturated heterocycles. The van der Waals surface area contributed by atoms with Crippen molar-refractivity contribution in [2.75, 3.05) is 0 Å². The lowest BCUT2D eigenvalue weighted by molar-refractivity contribution is 0.588. The van der Waals surface area contributed by atoms with E-state index >= 15 is 0 Å². The molecular formula is C11H14N2. The van der Waals surface area contributed by atoms with Crippen LogP contribution in [0.3, 0.4) is 0 Å². The van der Waals surface area contributed by atoms with Gasteiger partial charge in [0.15, 0.2) is 0 Å². The molecule has 0 unspecified atom stereocenters. The van der Waals surface area contributed by atoms with Crippen molar-refractivity contribution >= 4 is 5.84 Å². The lowest BCUT2D eigenvalue weighted by Crippen LogP contribution is -2.26. The molecule has 1 aliphatic rings. The largest absolute Gasteiger partial charge is 0.369 e. The van der Waals surface area contributed by atoms with E-state index in [9.17, 15) is 0 Å². The molecule has 13 heavy (non-hydrogen) atoms. The summed E-state index contributed by atoms with van der Waals surface area (Å²) in [5, 5.41) is 3.32. The van der Waals surface area contributed by atoms with Gasteiger partial charge < -0.3 is 5.32 Å². The molecule has 0 bridgehead atoms. The van der Waals surface area contributed by atoms with E-state index in [4.69, 9.17) is 0 Å². The van der Waals surface area contributed by atoms with Gasteiger partial charge in [-0.2, -0.15) is 0 Å². The van der Waals surface area contributed by atoms with E-state index in [0.29, 0.717) is 12.1 Å². The van der Waals surface area contributed by atoms with Crippen molar-refractivity contribution in [3.8, 4) is 0 Å². The fraction of sp³-hybridized carbons (Fsp3) is 0.364. The van der Waals surface area contributed by atoms with E-state index in [-0.39, 0.29) is 0 Å². The van der Waals surface area contributed by atoms with Crippen molar-refractivity contribution < 1.29 is 0 Å². The second kappa shape index (κ2) is 3.21. The minimum Gasteiger partial charge on any atom is -0.369 e. The maximum absolute atomic E-state index is 4.55. The van der Waals surface area contributed by atoms with Crippen LogP contribution in [0.2, 0.25) is 0 Å². The first-order valence-electron chi connectivity index (χ1n) is 4.63. The standard InChI is InChI=1S/C11H14N2/c1-8-11(13-9(2)12-8)10-6-4-3-5-7-10/h3-8,11H,1-2H3,(H,12,13)/t8-,11+/m0/s1. The Labute approximate surface area is 78.7 Å². The monoisotopic (exact) mass is 174 g/mol. The van der Waals surface area contributed by atoms with Crippen LogP contribution in [-0.2, 0) is 0 Å². The molecule has 2 nitrogen and oxygen atoms in total. The first kappa shape index (κ1) is 8.30. The van der Waals surface area contributed by atoms with Gasteiger partial charge >= 0.3 is 0 Å². The molecule has 1 aliphatic heterocycles. The molecular weight excluding hydrogens is 160 g/mol. The number of rotatable bonds is 1. The Hall–Kier alpha value is -1.31. The van der Waals surface area contributed by atoms with E-state index < -0.39 is 0 Å². The van der Waals surface area contributed by atoms with Crippen molar-refractivity contribution in [2.24, 2.45) is 4.99 Å². The fourth-order valence-corrected chi connectivity index (χ4v) is 1.78. The number of hydrogen-bond acceptors (Lipinski definition) is 2. The highest BCUT2D eigenvalue weighted by Crippen LogP contribution is 2.24. The van der Waals surface area contributed by atoms with Gasteiger partial charge in [-0.05, 0) is 19.4 Å². The van der Waals surface area contributed by atoms with E-state index in [1.54, 1.807) is 0 Å². The van der Waals surface area contributed by atoms with E-state index in [0.717, 1.165) is 5.84 Å². The molecule has 0 aliphatic carbocycles. The third kappa shape index (κ3) is 1.57. The Balaban J connectivity index is 2.27. The molecule has 1 aromatic carbocycles. The van der Waals surface area contributed by atoms with Gasteiger partial charge in [-0.25, -0.2) is 0 Å². The van der Waals surface area contributed by atoms with Crippen molar-refractivity contribution in [3.63, 3.8) is 0 Å². The predicted octanol–water partition coefficient (Wildman–Crippen LogP) is 2.14. The van der Waals surface area contributed by atoms with Crippen molar-refractivity contribution in [1.29, 1.82) is 0 Å². The minimum absolute atomic E-state index is 0.293. The zero-order chi connectivity index (χ0) is 9.26. The molecule has 0 radical (unpaired) electrons. The molecule has 2 rings (SSSR count). The van der Waals surface area contributed by atoms with Gasteiger partial charge in [0.05, 0.1) is 17.9 Å². The highest BCUT2D eigenvalue weighted by atomic mass is 15.1. The summed E-state index contributed by atoms with van der Waals surface area (Å²) in [6, 6.07) is 11.1. The lowest BCUT2D eigenvalue weighted by Gasteiger charge is -2.13. The molecule has 0 fully saturated rings. The Bertz CT molecular complexity index is 316. The van der Waals surface area contributed by atoms with Gasteiger partial charge in [0, 0.05) is 0 Å². The lowest BCUT2D eigenvalue weighted by atomic mass is 10.0. The second-order valence-electron chi connectivity index (χ2n) is 3.50. The normalized spacial score (nSPS) is 26.8. The molecule has 0 amide bonds. The van der Waals surface area contributed by atoms with Crippen LogP contribution in [0, 0.1) is 0 Å².